The molecular formula is C9H11N3NaO4S2+. The predicted molar refractivity (Wildman–Crippen MR) is 70.3 cm³/mol. The third-order valence-electron chi connectivity index (χ3n) is 1.85. The zero-order valence-corrected chi connectivity index (χ0v) is 14.0. The molecule has 0 amide bonds. The molecule has 1 aromatic rings. The molecule has 0 radical (unpaired) electrons. The van der Waals surface area contributed by atoms with Crippen LogP contribution in [-0.4, -0.2) is 31.4 Å². The van der Waals surface area contributed by atoms with Crippen LogP contribution < -0.4 is 45.5 Å². The maximum Gasteiger partial charge on any atom is 1.00 e. The zero-order chi connectivity index (χ0) is 13.8. The molecule has 0 aliphatic carbocycles. The molecule has 0 aliphatic heterocycles. The number of hydrogen-bond acceptors (Lipinski definition) is 5. The Labute approximate surface area is 138 Å². The van der Waals surface area contributed by atoms with Gasteiger partial charge in [0.05, 0.1) is 13.3 Å². The van der Waals surface area contributed by atoms with Gasteiger partial charge >= 0.3 is 29.6 Å². The van der Waals surface area contributed by atoms with Gasteiger partial charge in [-0.1, -0.05) is 0 Å². The summed E-state index contributed by atoms with van der Waals surface area (Å²) in [6, 6.07) is 4.16. The van der Waals surface area contributed by atoms with Crippen molar-refractivity contribution >= 4 is 33.7 Å². The average molecular weight is 312 g/mol. The molecule has 10 heteroatoms. The molecule has 0 bridgehead atoms. The summed E-state index contributed by atoms with van der Waals surface area (Å²) in [6.07, 6.45) is 1.30. The number of hydrazone groups is 1. The molecule has 0 fully saturated rings. The molecule has 4 N–H and O–H groups in total. The number of hydrogen-bond donors (Lipinski definition) is 3. The Bertz CT molecular complexity index is 589. The topological polar surface area (TPSA) is 114 Å². The van der Waals surface area contributed by atoms with Crippen molar-refractivity contribution in [1.82, 2.24) is 5.43 Å². The first-order chi connectivity index (χ1) is 8.34. The van der Waals surface area contributed by atoms with Crippen LogP contribution in [0.15, 0.2) is 28.2 Å². The fourth-order valence-corrected chi connectivity index (χ4v) is 1.89. The van der Waals surface area contributed by atoms with Gasteiger partial charge in [0, 0.05) is 0 Å². The summed E-state index contributed by atoms with van der Waals surface area (Å²) in [5.74, 6) is 0.0388. The van der Waals surface area contributed by atoms with Crippen molar-refractivity contribution in [2.75, 3.05) is 7.11 Å². The second kappa shape index (κ2) is 7.78. The van der Waals surface area contributed by atoms with Crippen LogP contribution in [0, 0.1) is 0 Å². The van der Waals surface area contributed by atoms with E-state index in [0.717, 1.165) is 0 Å². The van der Waals surface area contributed by atoms with E-state index >= 15 is 0 Å². The molecule has 0 heterocycles. The van der Waals surface area contributed by atoms with Crippen LogP contribution in [-0.2, 0) is 10.1 Å². The molecule has 19 heavy (non-hydrogen) atoms. The smallest absolute Gasteiger partial charge is 0.495 e. The Morgan fingerprint density at radius 2 is 2.21 bits per heavy atom. The Morgan fingerprint density at radius 3 is 2.68 bits per heavy atom. The van der Waals surface area contributed by atoms with E-state index in [4.69, 9.17) is 15.0 Å². The van der Waals surface area contributed by atoms with Crippen molar-refractivity contribution in [3.05, 3.63) is 23.8 Å². The van der Waals surface area contributed by atoms with Gasteiger partial charge in [-0.3, -0.25) is 9.98 Å². The second-order valence-corrected chi connectivity index (χ2v) is 4.95. The standard InChI is InChI=1S/C9H11N3O4S2.Na/c1-16-7-3-2-6(5-11-12-9(10)17)4-8(7)18(13,14)15;/h2-5H,1H3,(H3,10,12,17)(H,13,14,15);/q;+1/b11-5+;. The maximum atomic E-state index is 11.1. The van der Waals surface area contributed by atoms with Crippen molar-refractivity contribution in [3.8, 4) is 5.75 Å². The predicted octanol–water partition coefficient (Wildman–Crippen LogP) is -2.89. The number of ether oxygens (including phenoxy) is 1. The van der Waals surface area contributed by atoms with E-state index in [1.807, 2.05) is 0 Å². The quantitative estimate of drug-likeness (QED) is 0.180. The number of rotatable bonds is 4. The molecule has 1 aromatic carbocycles. The van der Waals surface area contributed by atoms with Gasteiger partial charge in [-0.25, -0.2) is 0 Å². The van der Waals surface area contributed by atoms with Crippen LogP contribution in [0.4, 0.5) is 0 Å². The van der Waals surface area contributed by atoms with Crippen molar-refractivity contribution in [2.45, 2.75) is 4.90 Å². The number of nitrogens with zero attached hydrogens (tertiary/aromatic N) is 1. The van der Waals surface area contributed by atoms with E-state index in [2.05, 4.69) is 22.7 Å². The van der Waals surface area contributed by atoms with Gasteiger partial charge in [0.15, 0.2) is 5.11 Å². The van der Waals surface area contributed by atoms with Gasteiger partial charge in [-0.05, 0) is 36.0 Å². The van der Waals surface area contributed by atoms with Crippen LogP contribution in [0.2, 0.25) is 0 Å². The molecular weight excluding hydrogens is 301 g/mol. The van der Waals surface area contributed by atoms with Crippen LogP contribution in [0.1, 0.15) is 5.56 Å². The molecule has 0 aromatic heterocycles. The SMILES string of the molecule is COc1ccc(/C=N/NC(N)=S)cc1S(=O)(=O)O.[Na+]. The Kier molecular flexibility index (Phi) is 7.49. The minimum Gasteiger partial charge on any atom is -0.495 e. The maximum absolute atomic E-state index is 11.1. The number of methoxy groups -OCH3 is 1. The zero-order valence-electron chi connectivity index (χ0n) is 10.3. The van der Waals surface area contributed by atoms with E-state index in [-0.39, 0.29) is 45.3 Å². The van der Waals surface area contributed by atoms with E-state index in [1.54, 1.807) is 6.07 Å². The largest absolute Gasteiger partial charge is 1.00 e. The Morgan fingerprint density at radius 1 is 1.58 bits per heavy atom. The normalized spacial score (nSPS) is 10.8. The van der Waals surface area contributed by atoms with Crippen molar-refractivity contribution in [1.29, 1.82) is 0 Å². The summed E-state index contributed by atoms with van der Waals surface area (Å²) in [7, 11) is -3.07. The van der Waals surface area contributed by atoms with E-state index in [1.165, 1.54) is 25.5 Å². The van der Waals surface area contributed by atoms with Crippen molar-refractivity contribution in [3.63, 3.8) is 0 Å². The second-order valence-electron chi connectivity index (χ2n) is 3.12. The Hall–Kier alpha value is -0.710. The van der Waals surface area contributed by atoms with Gasteiger partial charge in [0.25, 0.3) is 10.1 Å². The van der Waals surface area contributed by atoms with E-state index < -0.39 is 10.1 Å². The van der Waals surface area contributed by atoms with Gasteiger partial charge in [-0.15, -0.1) is 0 Å². The minimum absolute atomic E-state index is 0. The molecule has 0 unspecified atom stereocenters. The minimum atomic E-state index is -4.37. The summed E-state index contributed by atoms with van der Waals surface area (Å²) >= 11 is 4.53. The third kappa shape index (κ3) is 5.85. The summed E-state index contributed by atoms with van der Waals surface area (Å²) < 4.78 is 36.1. The first-order valence-corrected chi connectivity index (χ1v) is 6.43. The van der Waals surface area contributed by atoms with Crippen LogP contribution >= 0.6 is 12.2 Å². The van der Waals surface area contributed by atoms with Crippen LogP contribution in [0.25, 0.3) is 0 Å². The van der Waals surface area contributed by atoms with Crippen LogP contribution in [0.5, 0.6) is 5.75 Å². The molecule has 1 rings (SSSR count). The summed E-state index contributed by atoms with van der Waals surface area (Å²) in [6.45, 7) is 0. The first-order valence-electron chi connectivity index (χ1n) is 4.58. The van der Waals surface area contributed by atoms with Gasteiger partial charge in [0.1, 0.15) is 10.6 Å². The van der Waals surface area contributed by atoms with E-state index in [9.17, 15) is 8.42 Å². The number of nitrogens with two attached hydrogens (primary N) is 1. The number of benzene rings is 1. The molecule has 0 saturated carbocycles. The monoisotopic (exact) mass is 312 g/mol. The number of nitrogens with one attached hydrogen (secondary N) is 1. The molecule has 7 nitrogen and oxygen atoms in total. The van der Waals surface area contributed by atoms with Gasteiger partial charge in [0.2, 0.25) is 0 Å². The molecule has 0 aliphatic rings. The third-order valence-corrected chi connectivity index (χ3v) is 2.82. The first kappa shape index (κ1) is 18.3. The average Bonchev–Trinajstić information content (AvgIpc) is 2.27. The number of thiocarbonyl (C=S) groups is 1. The molecule has 0 atom stereocenters. The summed E-state index contributed by atoms with van der Waals surface area (Å²) in [5, 5.41) is 3.64. The fraction of sp³-hybridized carbons (Fsp3) is 0.111. The van der Waals surface area contributed by atoms with Crippen molar-refractivity contribution in [2.24, 2.45) is 10.8 Å². The summed E-state index contributed by atoms with van der Waals surface area (Å²) in [5.41, 5.74) is 7.89. The van der Waals surface area contributed by atoms with Gasteiger partial charge < -0.3 is 10.5 Å². The summed E-state index contributed by atoms with van der Waals surface area (Å²) in [4.78, 5) is -0.343. The van der Waals surface area contributed by atoms with E-state index in [0.29, 0.717) is 5.56 Å². The molecule has 0 spiro atoms. The van der Waals surface area contributed by atoms with Gasteiger partial charge in [-0.2, -0.15) is 13.5 Å². The molecule has 0 saturated heterocycles. The molecule has 98 valence electrons. The van der Waals surface area contributed by atoms with Crippen LogP contribution in [0.3, 0.4) is 0 Å². The Balaban J connectivity index is 0.00000324. The van der Waals surface area contributed by atoms with Crippen molar-refractivity contribution < 1.29 is 47.3 Å². The fourth-order valence-electron chi connectivity index (χ4n) is 1.15.